The Morgan fingerprint density at radius 3 is 2.87 bits per heavy atom. The molecule has 0 spiro atoms. The van der Waals surface area contributed by atoms with E-state index in [0.717, 1.165) is 54.0 Å². The van der Waals surface area contributed by atoms with Crippen LogP contribution in [-0.4, -0.2) is 51.1 Å². The molecule has 30 heavy (non-hydrogen) atoms. The molecule has 0 bridgehead atoms. The number of amides is 1. The first kappa shape index (κ1) is 19.1. The highest BCUT2D eigenvalue weighted by molar-refractivity contribution is 5.93. The number of rotatable bonds is 7. The number of nitrogens with one attached hydrogen (secondary N) is 1. The first-order valence-corrected chi connectivity index (χ1v) is 10.7. The summed E-state index contributed by atoms with van der Waals surface area (Å²) in [7, 11) is 0. The molecule has 0 unspecified atom stereocenters. The van der Waals surface area contributed by atoms with Gasteiger partial charge < -0.3 is 10.1 Å². The third kappa shape index (κ3) is 3.77. The maximum atomic E-state index is 12.0. The van der Waals surface area contributed by atoms with Crippen LogP contribution in [0, 0.1) is 12.8 Å². The van der Waals surface area contributed by atoms with E-state index < -0.39 is 0 Å². The summed E-state index contributed by atoms with van der Waals surface area (Å²) in [5.41, 5.74) is 3.94. The van der Waals surface area contributed by atoms with Crippen molar-refractivity contribution in [2.45, 2.75) is 39.2 Å². The Labute approximate surface area is 176 Å². The SMILES string of the molecule is CCN1CC[C@H]1COc1cnc(C)cc1-c1ccn2nc(NC(=O)C3CC3)cc2c1. The molecule has 2 aliphatic rings. The lowest BCUT2D eigenvalue weighted by Gasteiger charge is -2.39. The van der Waals surface area contributed by atoms with E-state index in [2.05, 4.69) is 39.4 Å². The summed E-state index contributed by atoms with van der Waals surface area (Å²) >= 11 is 0. The normalized spacial score (nSPS) is 18.9. The van der Waals surface area contributed by atoms with Gasteiger partial charge >= 0.3 is 0 Å². The molecule has 1 saturated heterocycles. The quantitative estimate of drug-likeness (QED) is 0.651. The van der Waals surface area contributed by atoms with Gasteiger partial charge in [0.15, 0.2) is 5.82 Å². The van der Waals surface area contributed by atoms with E-state index >= 15 is 0 Å². The summed E-state index contributed by atoms with van der Waals surface area (Å²) in [6.07, 6.45) is 6.87. The van der Waals surface area contributed by atoms with Gasteiger partial charge in [-0.1, -0.05) is 6.92 Å². The summed E-state index contributed by atoms with van der Waals surface area (Å²) in [6.45, 7) is 7.07. The van der Waals surface area contributed by atoms with Gasteiger partial charge in [-0.2, -0.15) is 5.10 Å². The molecule has 2 fully saturated rings. The van der Waals surface area contributed by atoms with Crippen LogP contribution < -0.4 is 10.1 Å². The second-order valence-corrected chi connectivity index (χ2v) is 8.28. The zero-order valence-corrected chi connectivity index (χ0v) is 17.5. The lowest BCUT2D eigenvalue weighted by atomic mass is 10.0. The first-order valence-electron chi connectivity index (χ1n) is 10.7. The molecule has 4 heterocycles. The number of pyridine rings is 2. The molecule has 1 aliphatic heterocycles. The Balaban J connectivity index is 1.39. The second-order valence-electron chi connectivity index (χ2n) is 8.28. The summed E-state index contributed by atoms with van der Waals surface area (Å²) in [4.78, 5) is 18.9. The second kappa shape index (κ2) is 7.72. The molecular weight excluding hydrogens is 378 g/mol. The Morgan fingerprint density at radius 1 is 1.27 bits per heavy atom. The van der Waals surface area contributed by atoms with E-state index in [0.29, 0.717) is 18.5 Å². The lowest BCUT2D eigenvalue weighted by molar-refractivity contribution is -0.117. The average molecular weight is 406 g/mol. The van der Waals surface area contributed by atoms with Crippen molar-refractivity contribution in [1.29, 1.82) is 0 Å². The van der Waals surface area contributed by atoms with Gasteiger partial charge in [0.1, 0.15) is 12.4 Å². The molecule has 1 saturated carbocycles. The van der Waals surface area contributed by atoms with Crippen molar-refractivity contribution in [2.24, 2.45) is 5.92 Å². The van der Waals surface area contributed by atoms with E-state index in [9.17, 15) is 4.79 Å². The number of likely N-dealkylation sites (N-methyl/N-ethyl adjacent to an activating group) is 1. The molecule has 3 aromatic heterocycles. The predicted octanol–water partition coefficient (Wildman–Crippen LogP) is 3.53. The van der Waals surface area contributed by atoms with Crippen molar-refractivity contribution in [1.82, 2.24) is 19.5 Å². The fourth-order valence-electron chi connectivity index (χ4n) is 3.97. The lowest BCUT2D eigenvalue weighted by Crippen LogP contribution is -2.50. The number of carbonyl (C=O) groups is 1. The number of carbonyl (C=O) groups excluding carboxylic acids is 1. The van der Waals surface area contributed by atoms with Crippen molar-refractivity contribution >= 4 is 17.2 Å². The van der Waals surface area contributed by atoms with Gasteiger partial charge in [0.25, 0.3) is 0 Å². The number of nitrogens with zero attached hydrogens (tertiary/aromatic N) is 4. The third-order valence-electron chi connectivity index (χ3n) is 6.08. The van der Waals surface area contributed by atoms with Crippen LogP contribution in [0.3, 0.4) is 0 Å². The van der Waals surface area contributed by atoms with Crippen molar-refractivity contribution in [3.63, 3.8) is 0 Å². The predicted molar refractivity (Wildman–Crippen MR) is 116 cm³/mol. The summed E-state index contributed by atoms with van der Waals surface area (Å²) in [6, 6.07) is 8.55. The Kier molecular flexibility index (Phi) is 4.90. The smallest absolute Gasteiger partial charge is 0.228 e. The van der Waals surface area contributed by atoms with Gasteiger partial charge in [-0.05, 0) is 56.5 Å². The number of fused-ring (bicyclic) bond motifs is 1. The maximum absolute atomic E-state index is 12.0. The molecule has 0 aromatic carbocycles. The minimum absolute atomic E-state index is 0.0659. The largest absolute Gasteiger partial charge is 0.490 e. The summed E-state index contributed by atoms with van der Waals surface area (Å²) < 4.78 is 7.99. The molecule has 7 nitrogen and oxygen atoms in total. The third-order valence-corrected chi connectivity index (χ3v) is 6.08. The Hall–Kier alpha value is -2.93. The number of ether oxygens (including phenoxy) is 1. The number of hydrogen-bond acceptors (Lipinski definition) is 5. The number of aryl methyl sites for hydroxylation is 1. The van der Waals surface area contributed by atoms with Crippen LogP contribution in [0.15, 0.2) is 36.7 Å². The van der Waals surface area contributed by atoms with E-state index in [1.165, 1.54) is 6.42 Å². The van der Waals surface area contributed by atoms with E-state index in [-0.39, 0.29) is 11.8 Å². The average Bonchev–Trinajstić information content (AvgIpc) is 3.49. The van der Waals surface area contributed by atoms with E-state index in [1.54, 1.807) is 4.52 Å². The van der Waals surface area contributed by atoms with Crippen LogP contribution in [0.1, 0.15) is 31.9 Å². The van der Waals surface area contributed by atoms with Crippen LogP contribution >= 0.6 is 0 Å². The Morgan fingerprint density at radius 2 is 2.13 bits per heavy atom. The molecule has 5 rings (SSSR count). The van der Waals surface area contributed by atoms with Crippen LogP contribution in [0.4, 0.5) is 5.82 Å². The molecule has 156 valence electrons. The number of aromatic nitrogens is 3. The zero-order valence-electron chi connectivity index (χ0n) is 17.5. The standard InChI is InChI=1S/C23H27N5O2/c1-3-27-8-7-18(27)14-30-21-13-24-15(2)10-20(21)17-6-9-28-19(11-17)12-22(26-28)25-23(29)16-4-5-16/h6,9-13,16,18H,3-5,7-8,14H2,1-2H3,(H,25,26,29)/t18-/m0/s1. The van der Waals surface area contributed by atoms with E-state index in [1.807, 2.05) is 31.5 Å². The molecule has 1 amide bonds. The van der Waals surface area contributed by atoms with Gasteiger partial charge in [0, 0.05) is 42.0 Å². The molecule has 0 radical (unpaired) electrons. The minimum Gasteiger partial charge on any atom is -0.490 e. The molecule has 1 aliphatic carbocycles. The molecule has 1 atom stereocenters. The van der Waals surface area contributed by atoms with Crippen molar-refractivity contribution in [2.75, 3.05) is 25.0 Å². The number of anilines is 1. The van der Waals surface area contributed by atoms with Crippen molar-refractivity contribution in [3.05, 3.63) is 42.4 Å². The summed E-state index contributed by atoms with van der Waals surface area (Å²) in [5.74, 6) is 1.62. The number of hydrogen-bond donors (Lipinski definition) is 1. The van der Waals surface area contributed by atoms with Gasteiger partial charge in [0.2, 0.25) is 5.91 Å². The highest BCUT2D eigenvalue weighted by Crippen LogP contribution is 2.33. The monoisotopic (exact) mass is 405 g/mol. The highest BCUT2D eigenvalue weighted by Gasteiger charge is 2.30. The van der Waals surface area contributed by atoms with Gasteiger partial charge in [-0.3, -0.25) is 14.7 Å². The molecule has 7 heteroatoms. The van der Waals surface area contributed by atoms with Crippen LogP contribution in [0.5, 0.6) is 5.75 Å². The van der Waals surface area contributed by atoms with E-state index in [4.69, 9.17) is 4.74 Å². The van der Waals surface area contributed by atoms with Gasteiger partial charge in [-0.15, -0.1) is 0 Å². The van der Waals surface area contributed by atoms with Gasteiger partial charge in [-0.25, -0.2) is 4.52 Å². The highest BCUT2D eigenvalue weighted by atomic mass is 16.5. The number of likely N-dealkylation sites (tertiary alicyclic amines) is 1. The van der Waals surface area contributed by atoms with Crippen LogP contribution in [-0.2, 0) is 4.79 Å². The fraction of sp³-hybridized carbons (Fsp3) is 0.435. The molecule has 3 aromatic rings. The Bertz CT molecular complexity index is 1090. The van der Waals surface area contributed by atoms with Crippen molar-refractivity contribution < 1.29 is 9.53 Å². The van der Waals surface area contributed by atoms with Crippen molar-refractivity contribution in [3.8, 4) is 16.9 Å². The summed E-state index contributed by atoms with van der Waals surface area (Å²) in [5, 5.41) is 7.39. The fourth-order valence-corrected chi connectivity index (χ4v) is 3.97. The first-order chi connectivity index (χ1) is 14.6. The van der Waals surface area contributed by atoms with Crippen LogP contribution in [0.25, 0.3) is 16.6 Å². The van der Waals surface area contributed by atoms with Crippen LogP contribution in [0.2, 0.25) is 0 Å². The zero-order chi connectivity index (χ0) is 20.7. The topological polar surface area (TPSA) is 71.8 Å². The molecule has 1 N–H and O–H groups in total. The molecular formula is C23H27N5O2. The minimum atomic E-state index is 0.0659. The maximum Gasteiger partial charge on any atom is 0.228 e. The van der Waals surface area contributed by atoms with Gasteiger partial charge in [0.05, 0.1) is 11.7 Å².